The molecule has 3 rings (SSSR count). The molecule has 0 saturated carbocycles. The number of benzene rings is 2. The van der Waals surface area contributed by atoms with E-state index >= 15 is 0 Å². The summed E-state index contributed by atoms with van der Waals surface area (Å²) < 4.78 is 45.0. The number of allylic oxidation sites excluding steroid dienone is 1. The van der Waals surface area contributed by atoms with Crippen LogP contribution in [0.2, 0.25) is 0 Å². The predicted molar refractivity (Wildman–Crippen MR) is 114 cm³/mol. The Labute approximate surface area is 177 Å². The molecule has 0 aromatic heterocycles. The van der Waals surface area contributed by atoms with Gasteiger partial charge >= 0.3 is 0 Å². The molecule has 5 heteroatoms. The summed E-state index contributed by atoms with van der Waals surface area (Å²) in [7, 11) is 0. The highest BCUT2D eigenvalue weighted by Crippen LogP contribution is 2.31. The molecule has 3 nitrogen and oxygen atoms in total. The van der Waals surface area contributed by atoms with Crippen LogP contribution in [0.4, 0.5) is 8.78 Å². The average Bonchev–Trinajstić information content (AvgIpc) is 2.79. The van der Waals surface area contributed by atoms with E-state index in [0.29, 0.717) is 18.6 Å². The Morgan fingerprint density at radius 2 is 1.73 bits per heavy atom. The van der Waals surface area contributed by atoms with Crippen molar-refractivity contribution in [1.82, 2.24) is 0 Å². The zero-order chi connectivity index (χ0) is 21.3. The highest BCUT2D eigenvalue weighted by Gasteiger charge is 2.22. The summed E-state index contributed by atoms with van der Waals surface area (Å²) in [6.45, 7) is 6.90. The van der Waals surface area contributed by atoms with Gasteiger partial charge in [0, 0.05) is 5.92 Å². The van der Waals surface area contributed by atoms with Crippen molar-refractivity contribution >= 4 is 0 Å². The summed E-state index contributed by atoms with van der Waals surface area (Å²) in [5.41, 5.74) is 2.13. The highest BCUT2D eigenvalue weighted by molar-refractivity contribution is 5.35. The van der Waals surface area contributed by atoms with Gasteiger partial charge in [-0.25, -0.2) is 0 Å². The third-order valence-electron chi connectivity index (χ3n) is 5.38. The lowest BCUT2D eigenvalue weighted by atomic mass is 9.90. The molecule has 1 heterocycles. The topological polar surface area (TPSA) is 27.7 Å². The molecular formula is C25H30F2O3. The molecule has 0 aliphatic carbocycles. The maximum absolute atomic E-state index is 14.2. The fraction of sp³-hybridized carbons (Fsp3) is 0.440. The van der Waals surface area contributed by atoms with E-state index in [1.54, 1.807) is 0 Å². The Bertz CT molecular complexity index is 812. The van der Waals surface area contributed by atoms with Crippen molar-refractivity contribution < 1.29 is 23.0 Å². The van der Waals surface area contributed by atoms with Gasteiger partial charge in [-0.2, -0.15) is 8.78 Å². The number of rotatable bonds is 10. The van der Waals surface area contributed by atoms with Crippen LogP contribution in [-0.2, 0) is 11.3 Å². The van der Waals surface area contributed by atoms with E-state index in [1.165, 1.54) is 17.7 Å². The van der Waals surface area contributed by atoms with Gasteiger partial charge in [-0.1, -0.05) is 37.3 Å². The minimum Gasteiger partial charge on any atom is -0.490 e. The zero-order valence-corrected chi connectivity index (χ0v) is 17.5. The van der Waals surface area contributed by atoms with Crippen LogP contribution in [0, 0.1) is 11.6 Å². The Kier molecular flexibility index (Phi) is 8.26. The van der Waals surface area contributed by atoms with E-state index < -0.39 is 11.6 Å². The van der Waals surface area contributed by atoms with E-state index in [2.05, 4.69) is 18.7 Å². The fourth-order valence-corrected chi connectivity index (χ4v) is 3.60. The minimum absolute atomic E-state index is 0.0903. The van der Waals surface area contributed by atoms with Crippen molar-refractivity contribution in [2.24, 2.45) is 0 Å². The van der Waals surface area contributed by atoms with Crippen LogP contribution in [0.25, 0.3) is 0 Å². The van der Waals surface area contributed by atoms with Crippen LogP contribution in [0.3, 0.4) is 0 Å². The zero-order valence-electron chi connectivity index (χ0n) is 17.5. The molecular weight excluding hydrogens is 386 g/mol. The largest absolute Gasteiger partial charge is 0.490 e. The van der Waals surface area contributed by atoms with E-state index in [0.717, 1.165) is 44.3 Å². The molecule has 1 aliphatic heterocycles. The van der Waals surface area contributed by atoms with Gasteiger partial charge in [0.15, 0.2) is 11.5 Å². The summed E-state index contributed by atoms with van der Waals surface area (Å²) in [5, 5.41) is 0. The first-order chi connectivity index (χ1) is 14.6. The van der Waals surface area contributed by atoms with Crippen LogP contribution < -0.4 is 9.47 Å². The molecule has 0 spiro atoms. The lowest BCUT2D eigenvalue weighted by molar-refractivity contribution is -0.000178. The van der Waals surface area contributed by atoms with E-state index in [9.17, 15) is 8.78 Å². The van der Waals surface area contributed by atoms with E-state index in [4.69, 9.17) is 14.2 Å². The standard InChI is InChI=1S/C25H30F2O3/c1-3-5-6-21-12-11-20(17-29-21)19-9-7-18(8-10-19)16-30-23-14-13-22(28-15-4-2)24(26)25(23)27/h3,7-10,13-14,20-21H,1,4-6,11-12,15-17H2,2H3. The molecule has 0 bridgehead atoms. The number of hydrogen-bond donors (Lipinski definition) is 0. The first-order valence-corrected chi connectivity index (χ1v) is 10.7. The smallest absolute Gasteiger partial charge is 0.204 e. The molecule has 0 radical (unpaired) electrons. The monoisotopic (exact) mass is 416 g/mol. The third-order valence-corrected chi connectivity index (χ3v) is 5.38. The molecule has 2 unspecified atom stereocenters. The van der Waals surface area contributed by atoms with Crippen molar-refractivity contribution in [3.05, 3.63) is 71.8 Å². The lowest BCUT2D eigenvalue weighted by Crippen LogP contribution is -2.24. The van der Waals surface area contributed by atoms with E-state index in [-0.39, 0.29) is 18.1 Å². The van der Waals surface area contributed by atoms with Gasteiger partial charge in [-0.05, 0) is 55.4 Å². The summed E-state index contributed by atoms with van der Waals surface area (Å²) >= 11 is 0. The molecule has 162 valence electrons. The second kappa shape index (κ2) is 11.1. The molecule has 0 amide bonds. The van der Waals surface area contributed by atoms with Crippen LogP contribution in [-0.4, -0.2) is 19.3 Å². The second-order valence-corrected chi connectivity index (χ2v) is 7.66. The summed E-state index contributed by atoms with van der Waals surface area (Å²) in [5.74, 6) is -1.85. The van der Waals surface area contributed by atoms with Gasteiger partial charge in [-0.15, -0.1) is 6.58 Å². The van der Waals surface area contributed by atoms with Gasteiger partial charge in [-0.3, -0.25) is 0 Å². The van der Waals surface area contributed by atoms with Crippen LogP contribution in [0.15, 0.2) is 49.1 Å². The van der Waals surface area contributed by atoms with Crippen molar-refractivity contribution in [2.75, 3.05) is 13.2 Å². The Morgan fingerprint density at radius 3 is 2.33 bits per heavy atom. The number of hydrogen-bond acceptors (Lipinski definition) is 3. The molecule has 1 fully saturated rings. The summed E-state index contributed by atoms with van der Waals surface area (Å²) in [6, 6.07) is 10.9. The molecule has 2 atom stereocenters. The highest BCUT2D eigenvalue weighted by atomic mass is 19.2. The first kappa shape index (κ1) is 22.3. The third kappa shape index (κ3) is 5.82. The Hall–Kier alpha value is -2.40. The quantitative estimate of drug-likeness (QED) is 0.411. The van der Waals surface area contributed by atoms with Crippen LogP contribution in [0.5, 0.6) is 11.5 Å². The predicted octanol–water partition coefficient (Wildman–Crippen LogP) is 6.56. The first-order valence-electron chi connectivity index (χ1n) is 10.7. The van der Waals surface area contributed by atoms with Crippen molar-refractivity contribution in [3.63, 3.8) is 0 Å². The van der Waals surface area contributed by atoms with Crippen molar-refractivity contribution in [1.29, 1.82) is 0 Å². The number of ether oxygens (including phenoxy) is 3. The summed E-state index contributed by atoms with van der Waals surface area (Å²) in [4.78, 5) is 0. The van der Waals surface area contributed by atoms with Crippen LogP contribution in [0.1, 0.15) is 56.1 Å². The van der Waals surface area contributed by atoms with E-state index in [1.807, 2.05) is 25.1 Å². The molecule has 1 aliphatic rings. The van der Waals surface area contributed by atoms with Crippen molar-refractivity contribution in [3.8, 4) is 11.5 Å². The Morgan fingerprint density at radius 1 is 1.03 bits per heavy atom. The molecule has 1 saturated heterocycles. The van der Waals surface area contributed by atoms with Gasteiger partial charge < -0.3 is 14.2 Å². The molecule has 2 aromatic carbocycles. The molecule has 30 heavy (non-hydrogen) atoms. The average molecular weight is 417 g/mol. The van der Waals surface area contributed by atoms with Gasteiger partial charge in [0.05, 0.1) is 19.3 Å². The molecule has 0 N–H and O–H groups in total. The number of halogens is 2. The minimum atomic E-state index is -1.02. The lowest BCUT2D eigenvalue weighted by Gasteiger charge is -2.29. The maximum atomic E-state index is 14.2. The van der Waals surface area contributed by atoms with Crippen molar-refractivity contribution in [2.45, 2.75) is 57.7 Å². The summed E-state index contributed by atoms with van der Waals surface area (Å²) in [6.07, 6.45) is 7.18. The van der Waals surface area contributed by atoms with Gasteiger partial charge in [0.25, 0.3) is 0 Å². The SMILES string of the molecule is C=CCCC1CCC(c2ccc(COc3ccc(OCCC)c(F)c3F)cc2)CO1. The maximum Gasteiger partial charge on any atom is 0.204 e. The second-order valence-electron chi connectivity index (χ2n) is 7.66. The normalized spacial score (nSPS) is 18.8. The molecule has 2 aromatic rings. The van der Waals surface area contributed by atoms with Gasteiger partial charge in [0.2, 0.25) is 11.6 Å². The Balaban J connectivity index is 1.53. The van der Waals surface area contributed by atoms with Crippen LogP contribution >= 0.6 is 0 Å². The fourth-order valence-electron chi connectivity index (χ4n) is 3.60. The van der Waals surface area contributed by atoms with Gasteiger partial charge in [0.1, 0.15) is 6.61 Å².